The van der Waals surface area contributed by atoms with E-state index in [-0.39, 0.29) is 5.78 Å². The Bertz CT molecular complexity index is 1650. The topological polar surface area (TPSA) is 72.9 Å². The molecule has 0 radical (unpaired) electrons. The van der Waals surface area contributed by atoms with Gasteiger partial charge < -0.3 is 5.11 Å². The summed E-state index contributed by atoms with van der Waals surface area (Å²) in [5.74, 6) is 4.10. The zero-order valence-electron chi connectivity index (χ0n) is 28.9. The van der Waals surface area contributed by atoms with Crippen LogP contribution in [-0.4, -0.2) is 45.0 Å². The fourth-order valence-electron chi connectivity index (χ4n) is 6.21. The maximum atomic E-state index is 14.3. The van der Waals surface area contributed by atoms with Crippen LogP contribution in [0.1, 0.15) is 76.1 Å². The third-order valence-electron chi connectivity index (χ3n) is 8.31. The Morgan fingerprint density at radius 3 is 2.17 bits per heavy atom. The van der Waals surface area contributed by atoms with Crippen LogP contribution >= 0.6 is 11.6 Å². The zero-order valence-corrected chi connectivity index (χ0v) is 30.5. The highest BCUT2D eigenvalue weighted by atomic mass is 35.5. The molecule has 0 bridgehead atoms. The van der Waals surface area contributed by atoms with E-state index in [0.29, 0.717) is 23.6 Å². The van der Waals surface area contributed by atoms with Crippen molar-refractivity contribution >= 4 is 38.6 Å². The monoisotopic (exact) mass is 677 g/mol. The number of hydrogen-bond acceptors (Lipinski definition) is 5. The van der Waals surface area contributed by atoms with Crippen LogP contribution in [-0.2, 0) is 40.2 Å². The zero-order chi connectivity index (χ0) is 34.7. The number of hydrogen-bond donors (Lipinski definition) is 2. The van der Waals surface area contributed by atoms with Gasteiger partial charge in [-0.2, -0.15) is 0 Å². The van der Waals surface area contributed by atoms with Gasteiger partial charge in [0.05, 0.1) is 21.1 Å². The van der Waals surface area contributed by atoms with Gasteiger partial charge in [-0.05, 0) is 97.5 Å². The second-order valence-electron chi connectivity index (χ2n) is 11.6. The largest absolute Gasteiger partial charge is 0.400 e. The summed E-state index contributed by atoms with van der Waals surface area (Å²) < 4.78 is 16.1. The highest BCUT2D eigenvalue weighted by molar-refractivity contribution is 7.98. The number of halogens is 1. The average Bonchev–Trinajstić information content (AvgIpc) is 3.69. The summed E-state index contributed by atoms with van der Waals surface area (Å²) in [4.78, 5) is 13.7. The summed E-state index contributed by atoms with van der Waals surface area (Å²) in [7, 11) is -1.93. The summed E-state index contributed by atoms with van der Waals surface area (Å²) in [5, 5.41) is 9.75. The quantitative estimate of drug-likeness (QED) is 0.247. The molecular weight excluding hydrogens is 626 g/mol. The van der Waals surface area contributed by atoms with Crippen molar-refractivity contribution in [1.29, 1.82) is 0 Å². The maximum absolute atomic E-state index is 14.3. The number of carbonyl (C=O) groups is 1. The molecule has 2 unspecified atom stereocenters. The van der Waals surface area contributed by atoms with Crippen molar-refractivity contribution in [2.45, 2.75) is 90.5 Å². The molecule has 0 aromatic heterocycles. The lowest BCUT2D eigenvalue weighted by molar-refractivity contribution is -0.119. The minimum atomic E-state index is -2.93. The van der Waals surface area contributed by atoms with E-state index in [2.05, 4.69) is 43.9 Å². The number of nitrogens with one attached hydrogen (secondary N) is 1. The molecule has 1 aliphatic carbocycles. The first-order chi connectivity index (χ1) is 22.6. The van der Waals surface area contributed by atoms with Gasteiger partial charge in [-0.15, -0.1) is 0 Å². The fraction of sp³-hybridized carbons (Fsp3) is 0.385. The standard InChI is InChI=1S/C33H34ClN3O2S.C3H8.C2H6.CH4O/c1-22-32-31(35-37(22)28-10-5-4-6-11-28)18-19-36(33(32)23(2)38)40(3,39)29-16-13-24(14-17-29)12-15-27-20-25-8-7-9-26(25)21-30(27)34;1-3-2;2*1-2/h4-6,10-11,13-14,16-17,20-21,33,35H,1,3,7-9,12,15,18-19H2,2H3;3H2,1-2H3;1-2H3;2H,1H3. The van der Waals surface area contributed by atoms with Gasteiger partial charge in [-0.25, -0.2) is 8.51 Å². The molecule has 0 fully saturated rings. The van der Waals surface area contributed by atoms with Crippen LogP contribution in [0.5, 0.6) is 0 Å². The Balaban J connectivity index is 0.000000799. The molecule has 2 heterocycles. The van der Waals surface area contributed by atoms with Gasteiger partial charge in [-0.1, -0.05) is 88.7 Å². The van der Waals surface area contributed by atoms with Gasteiger partial charge in [-0.3, -0.25) is 15.2 Å². The third kappa shape index (κ3) is 8.57. The van der Waals surface area contributed by atoms with Crippen LogP contribution in [0.4, 0.5) is 5.69 Å². The van der Waals surface area contributed by atoms with Crippen molar-refractivity contribution in [3.8, 4) is 0 Å². The van der Waals surface area contributed by atoms with Gasteiger partial charge in [0, 0.05) is 41.3 Å². The molecule has 3 aromatic rings. The third-order valence-corrected chi connectivity index (χ3v) is 10.8. The molecule has 8 heteroatoms. The summed E-state index contributed by atoms with van der Waals surface area (Å²) in [5.41, 5.74) is 11.9. The Morgan fingerprint density at radius 2 is 1.57 bits per heavy atom. The van der Waals surface area contributed by atoms with E-state index in [4.69, 9.17) is 16.7 Å². The minimum Gasteiger partial charge on any atom is -0.400 e. The normalized spacial score (nSPS) is 17.8. The smallest absolute Gasteiger partial charge is 0.152 e. The van der Waals surface area contributed by atoms with Gasteiger partial charge in [0.25, 0.3) is 0 Å². The Kier molecular flexibility index (Phi) is 14.3. The fourth-order valence-corrected chi connectivity index (χ4v) is 8.30. The van der Waals surface area contributed by atoms with Crippen LogP contribution in [0.15, 0.2) is 95.2 Å². The lowest BCUT2D eigenvalue weighted by atomic mass is 9.95. The number of aliphatic hydroxyl groups is 1. The highest BCUT2D eigenvalue weighted by Crippen LogP contribution is 2.39. The van der Waals surface area contributed by atoms with E-state index >= 15 is 0 Å². The SMILES string of the molecule is C=C1C2=C(CCN(S(=C)(=O)c3ccc(CCc4cc5c(cc4Cl)CCC5)cc3)C2C(C)=O)NN1c1ccccc1.CC.CCC.CO. The first-order valence-electron chi connectivity index (χ1n) is 16.7. The van der Waals surface area contributed by atoms with Crippen molar-refractivity contribution in [3.63, 3.8) is 0 Å². The summed E-state index contributed by atoms with van der Waals surface area (Å²) in [6.07, 6.45) is 7.03. The molecule has 0 amide bonds. The maximum Gasteiger partial charge on any atom is 0.152 e. The van der Waals surface area contributed by atoms with E-state index in [1.165, 1.54) is 29.5 Å². The Morgan fingerprint density at radius 1 is 0.979 bits per heavy atom. The molecular formula is C39H52ClN3O3S. The van der Waals surface area contributed by atoms with Crippen molar-refractivity contribution in [1.82, 2.24) is 9.73 Å². The van der Waals surface area contributed by atoms with Crippen LogP contribution in [0, 0.1) is 0 Å². The second-order valence-corrected chi connectivity index (χ2v) is 14.2. The van der Waals surface area contributed by atoms with Crippen molar-refractivity contribution < 1.29 is 14.1 Å². The van der Waals surface area contributed by atoms with E-state index in [1.54, 1.807) is 11.2 Å². The number of anilines is 1. The number of hydrazine groups is 1. The molecule has 3 aromatic carbocycles. The molecule has 2 N–H and O–H groups in total. The molecule has 47 heavy (non-hydrogen) atoms. The number of nitrogens with zero attached hydrogens (tertiary/aromatic N) is 2. The van der Waals surface area contributed by atoms with E-state index in [9.17, 15) is 9.00 Å². The minimum absolute atomic E-state index is 0.0794. The number of carbonyl (C=O) groups excluding carboxylic acids is 1. The Labute approximate surface area is 288 Å². The number of benzene rings is 3. The van der Waals surface area contributed by atoms with Gasteiger partial charge >= 0.3 is 0 Å². The predicted molar refractivity (Wildman–Crippen MR) is 200 cm³/mol. The highest BCUT2D eigenvalue weighted by Gasteiger charge is 2.43. The molecule has 6 nitrogen and oxygen atoms in total. The average molecular weight is 678 g/mol. The second kappa shape index (κ2) is 17.7. The van der Waals surface area contributed by atoms with Crippen molar-refractivity contribution in [3.05, 3.63) is 118 Å². The number of aryl methyl sites for hydroxylation is 4. The van der Waals surface area contributed by atoms with Gasteiger partial charge in [0.1, 0.15) is 6.04 Å². The van der Waals surface area contributed by atoms with E-state index in [1.807, 2.05) is 73.5 Å². The van der Waals surface area contributed by atoms with E-state index < -0.39 is 15.7 Å². The van der Waals surface area contributed by atoms with Crippen molar-refractivity contribution in [2.75, 3.05) is 18.7 Å². The van der Waals surface area contributed by atoms with Crippen LogP contribution in [0.2, 0.25) is 5.02 Å². The molecule has 0 spiro atoms. The molecule has 6 rings (SSSR count). The van der Waals surface area contributed by atoms with E-state index in [0.717, 1.165) is 60.3 Å². The van der Waals surface area contributed by atoms with Crippen LogP contribution < -0.4 is 10.4 Å². The van der Waals surface area contributed by atoms with Crippen LogP contribution in [0.25, 0.3) is 0 Å². The number of Topliss-reactive ketones (excluding diaryl/α,β-unsaturated/α-hetero) is 1. The number of rotatable bonds is 7. The lowest BCUT2D eigenvalue weighted by Gasteiger charge is -2.36. The predicted octanol–water partition coefficient (Wildman–Crippen LogP) is 8.11. The van der Waals surface area contributed by atoms with Gasteiger partial charge in [0.15, 0.2) is 5.78 Å². The van der Waals surface area contributed by atoms with Gasteiger partial charge in [0.2, 0.25) is 0 Å². The Hall–Kier alpha value is -3.36. The molecule has 2 aliphatic heterocycles. The molecule has 0 saturated carbocycles. The molecule has 3 aliphatic rings. The molecule has 2 atom stereocenters. The lowest BCUT2D eigenvalue weighted by Crippen LogP contribution is -2.48. The summed E-state index contributed by atoms with van der Waals surface area (Å²) in [6, 6.07) is 21.4. The first kappa shape index (κ1) is 38.1. The number of para-hydroxylation sites is 1. The number of aliphatic hydroxyl groups excluding tert-OH is 1. The number of fused-ring (bicyclic) bond motifs is 1. The first-order valence-corrected chi connectivity index (χ1v) is 18.7. The summed E-state index contributed by atoms with van der Waals surface area (Å²) in [6.45, 7) is 14.6. The molecule has 254 valence electrons. The molecule has 0 saturated heterocycles. The van der Waals surface area contributed by atoms with Crippen molar-refractivity contribution in [2.24, 2.45) is 0 Å². The summed E-state index contributed by atoms with van der Waals surface area (Å²) >= 11 is 6.58. The number of ketones is 1. The van der Waals surface area contributed by atoms with Crippen LogP contribution in [0.3, 0.4) is 0 Å².